The van der Waals surface area contributed by atoms with Gasteiger partial charge < -0.3 is 5.11 Å². The fraction of sp³-hybridized carbons (Fsp3) is 0.364. The zero-order chi connectivity index (χ0) is 14.0. The van der Waals surface area contributed by atoms with Gasteiger partial charge in [-0.05, 0) is 18.6 Å². The summed E-state index contributed by atoms with van der Waals surface area (Å²) in [7, 11) is -3.84. The SMILES string of the molecule is CCC(CO)NS(=O)(=O)c1c(Cl)nc2ccccn12. The Bertz CT molecular complexity index is 680. The molecule has 0 aliphatic rings. The van der Waals surface area contributed by atoms with Gasteiger partial charge in [-0.3, -0.25) is 4.40 Å². The molecule has 8 heteroatoms. The van der Waals surface area contributed by atoms with Crippen LogP contribution in [0.4, 0.5) is 0 Å². The van der Waals surface area contributed by atoms with Crippen molar-refractivity contribution in [1.82, 2.24) is 14.1 Å². The van der Waals surface area contributed by atoms with E-state index in [0.717, 1.165) is 0 Å². The molecule has 1 atom stereocenters. The molecule has 0 aliphatic heterocycles. The summed E-state index contributed by atoms with van der Waals surface area (Å²) in [4.78, 5) is 3.99. The smallest absolute Gasteiger partial charge is 0.260 e. The van der Waals surface area contributed by atoms with Gasteiger partial charge in [-0.2, -0.15) is 0 Å². The van der Waals surface area contributed by atoms with Crippen LogP contribution in [0.3, 0.4) is 0 Å². The first-order valence-corrected chi connectivity index (χ1v) is 7.61. The number of aliphatic hydroxyl groups is 1. The van der Waals surface area contributed by atoms with Crippen molar-refractivity contribution in [2.75, 3.05) is 6.61 Å². The first-order valence-electron chi connectivity index (χ1n) is 5.75. The maximum absolute atomic E-state index is 12.3. The number of fused-ring (bicyclic) bond motifs is 1. The van der Waals surface area contributed by atoms with Gasteiger partial charge in [0, 0.05) is 12.2 Å². The van der Waals surface area contributed by atoms with Gasteiger partial charge >= 0.3 is 0 Å². The van der Waals surface area contributed by atoms with Crippen molar-refractivity contribution in [2.24, 2.45) is 0 Å². The summed E-state index contributed by atoms with van der Waals surface area (Å²) in [6.07, 6.45) is 2.05. The van der Waals surface area contributed by atoms with Gasteiger partial charge in [0.1, 0.15) is 5.65 Å². The molecule has 0 aliphatic carbocycles. The maximum Gasteiger partial charge on any atom is 0.260 e. The topological polar surface area (TPSA) is 83.7 Å². The van der Waals surface area contributed by atoms with Crippen LogP contribution in [-0.4, -0.2) is 35.6 Å². The molecule has 2 rings (SSSR count). The van der Waals surface area contributed by atoms with E-state index in [1.54, 1.807) is 31.3 Å². The summed E-state index contributed by atoms with van der Waals surface area (Å²) < 4.78 is 28.4. The predicted molar refractivity (Wildman–Crippen MR) is 71.7 cm³/mol. The normalized spacial score (nSPS) is 13.8. The molecule has 0 fully saturated rings. The molecule has 0 radical (unpaired) electrons. The number of aliphatic hydroxyl groups excluding tert-OH is 1. The number of pyridine rings is 1. The molecule has 0 spiro atoms. The molecular formula is C11H14ClN3O3S. The molecule has 0 amide bonds. The fourth-order valence-electron chi connectivity index (χ4n) is 1.71. The lowest BCUT2D eigenvalue weighted by Crippen LogP contribution is -2.37. The molecule has 0 saturated heterocycles. The minimum atomic E-state index is -3.84. The van der Waals surface area contributed by atoms with Crippen LogP contribution in [0.25, 0.3) is 5.65 Å². The average Bonchev–Trinajstić information content (AvgIpc) is 2.72. The van der Waals surface area contributed by atoms with Gasteiger partial charge in [0.15, 0.2) is 10.2 Å². The Balaban J connectivity index is 2.51. The molecule has 104 valence electrons. The van der Waals surface area contributed by atoms with Crippen LogP contribution in [0.15, 0.2) is 29.4 Å². The first-order chi connectivity index (χ1) is 8.99. The fourth-order valence-corrected chi connectivity index (χ4v) is 3.66. The van der Waals surface area contributed by atoms with Crippen molar-refractivity contribution < 1.29 is 13.5 Å². The highest BCUT2D eigenvalue weighted by atomic mass is 35.5. The van der Waals surface area contributed by atoms with Crippen molar-refractivity contribution in [1.29, 1.82) is 0 Å². The molecule has 0 saturated carbocycles. The highest BCUT2D eigenvalue weighted by Crippen LogP contribution is 2.22. The van der Waals surface area contributed by atoms with Crippen LogP contribution < -0.4 is 4.72 Å². The molecule has 0 aromatic carbocycles. The zero-order valence-corrected chi connectivity index (χ0v) is 11.8. The summed E-state index contributed by atoms with van der Waals surface area (Å²) in [6.45, 7) is 1.50. The number of aromatic nitrogens is 2. The monoisotopic (exact) mass is 303 g/mol. The standard InChI is InChI=1S/C11H14ClN3O3S/c1-2-8(7-16)14-19(17,18)11-10(12)13-9-5-3-4-6-15(9)11/h3-6,8,14,16H,2,7H2,1H3. The summed E-state index contributed by atoms with van der Waals surface area (Å²) in [5.41, 5.74) is 0.449. The van der Waals surface area contributed by atoms with Crippen LogP contribution in [0.5, 0.6) is 0 Å². The Kier molecular flexibility index (Phi) is 4.10. The molecule has 19 heavy (non-hydrogen) atoms. The Labute approximate surface area is 116 Å². The quantitative estimate of drug-likeness (QED) is 0.864. The largest absolute Gasteiger partial charge is 0.395 e. The van der Waals surface area contributed by atoms with E-state index in [1.165, 1.54) is 4.40 Å². The van der Waals surface area contributed by atoms with E-state index >= 15 is 0 Å². The van der Waals surface area contributed by atoms with Crippen LogP contribution in [-0.2, 0) is 10.0 Å². The third-order valence-electron chi connectivity index (χ3n) is 2.74. The van der Waals surface area contributed by atoms with Crippen LogP contribution in [0.1, 0.15) is 13.3 Å². The van der Waals surface area contributed by atoms with Gasteiger partial charge in [-0.1, -0.05) is 24.6 Å². The highest BCUT2D eigenvalue weighted by Gasteiger charge is 2.26. The third kappa shape index (κ3) is 2.74. The minimum Gasteiger partial charge on any atom is -0.395 e. The summed E-state index contributed by atoms with van der Waals surface area (Å²) in [6, 6.07) is 4.54. The van der Waals surface area contributed by atoms with Gasteiger partial charge in [0.2, 0.25) is 0 Å². The summed E-state index contributed by atoms with van der Waals surface area (Å²) >= 11 is 5.91. The Morgan fingerprint density at radius 2 is 2.26 bits per heavy atom. The van der Waals surface area contributed by atoms with Gasteiger partial charge in [-0.15, -0.1) is 0 Å². The van der Waals surface area contributed by atoms with Crippen molar-refractivity contribution in [3.8, 4) is 0 Å². The van der Waals surface area contributed by atoms with Gasteiger partial charge in [-0.25, -0.2) is 18.1 Å². The lowest BCUT2D eigenvalue weighted by atomic mass is 10.3. The second-order valence-electron chi connectivity index (χ2n) is 4.05. The minimum absolute atomic E-state index is 0.0912. The van der Waals surface area contributed by atoms with Gasteiger partial charge in [0.05, 0.1) is 6.61 Å². The number of hydrogen-bond donors (Lipinski definition) is 2. The first kappa shape index (κ1) is 14.3. The van der Waals surface area contributed by atoms with E-state index in [2.05, 4.69) is 9.71 Å². The Morgan fingerprint density at radius 1 is 1.53 bits per heavy atom. The van der Waals surface area contributed by atoms with Crippen LogP contribution in [0.2, 0.25) is 5.15 Å². The molecule has 2 heterocycles. The molecule has 6 nitrogen and oxygen atoms in total. The Hall–Kier alpha value is -1.15. The van der Waals surface area contributed by atoms with E-state index in [0.29, 0.717) is 12.1 Å². The third-order valence-corrected chi connectivity index (χ3v) is 4.65. The molecule has 2 aromatic heterocycles. The van der Waals surface area contributed by atoms with Gasteiger partial charge in [0.25, 0.3) is 10.0 Å². The molecule has 2 N–H and O–H groups in total. The number of sulfonamides is 1. The molecule has 1 unspecified atom stereocenters. The second kappa shape index (κ2) is 5.46. The predicted octanol–water partition coefficient (Wildman–Crippen LogP) is 1.04. The summed E-state index contributed by atoms with van der Waals surface area (Å²) in [5.74, 6) is 0. The average molecular weight is 304 g/mol. The number of hydrogen-bond acceptors (Lipinski definition) is 4. The lowest BCUT2D eigenvalue weighted by molar-refractivity contribution is 0.253. The Morgan fingerprint density at radius 3 is 2.89 bits per heavy atom. The number of rotatable bonds is 5. The number of halogens is 1. The number of nitrogens with zero attached hydrogens (tertiary/aromatic N) is 2. The number of nitrogens with one attached hydrogen (secondary N) is 1. The van der Waals surface area contributed by atoms with E-state index in [9.17, 15) is 8.42 Å². The van der Waals surface area contributed by atoms with E-state index in [-0.39, 0.29) is 16.8 Å². The molecular weight excluding hydrogens is 290 g/mol. The van der Waals surface area contributed by atoms with E-state index in [1.807, 2.05) is 0 Å². The number of imidazole rings is 1. The molecule has 2 aromatic rings. The van der Waals surface area contributed by atoms with Crippen molar-refractivity contribution in [2.45, 2.75) is 24.4 Å². The highest BCUT2D eigenvalue weighted by molar-refractivity contribution is 7.89. The zero-order valence-electron chi connectivity index (χ0n) is 10.2. The van der Waals surface area contributed by atoms with Crippen molar-refractivity contribution in [3.63, 3.8) is 0 Å². The summed E-state index contributed by atoms with van der Waals surface area (Å²) in [5, 5.41) is 8.88. The second-order valence-corrected chi connectivity index (χ2v) is 6.03. The van der Waals surface area contributed by atoms with Crippen molar-refractivity contribution in [3.05, 3.63) is 29.5 Å². The molecule has 0 bridgehead atoms. The lowest BCUT2D eigenvalue weighted by Gasteiger charge is -2.14. The van der Waals surface area contributed by atoms with Crippen molar-refractivity contribution >= 4 is 27.3 Å². The van der Waals surface area contributed by atoms with E-state index < -0.39 is 16.1 Å². The van der Waals surface area contributed by atoms with E-state index in [4.69, 9.17) is 16.7 Å². The van der Waals surface area contributed by atoms with Crippen LogP contribution in [0, 0.1) is 0 Å². The maximum atomic E-state index is 12.3. The van der Waals surface area contributed by atoms with Crippen LogP contribution >= 0.6 is 11.6 Å².